The molecule has 134 valence electrons. The van der Waals surface area contributed by atoms with Gasteiger partial charge in [0.15, 0.2) is 5.16 Å². The van der Waals surface area contributed by atoms with Crippen LogP contribution in [0.2, 0.25) is 10.0 Å². The molecular formula is C18H21Cl2N3OS. The zero-order valence-corrected chi connectivity index (χ0v) is 16.5. The van der Waals surface area contributed by atoms with Crippen LogP contribution in [-0.4, -0.2) is 23.1 Å². The number of piperidine rings is 1. The van der Waals surface area contributed by atoms with Gasteiger partial charge in [-0.25, -0.2) is 9.97 Å². The van der Waals surface area contributed by atoms with Crippen LogP contribution < -0.4 is 10.0 Å². The lowest BCUT2D eigenvalue weighted by Crippen LogP contribution is -3.11. The van der Waals surface area contributed by atoms with Crippen LogP contribution in [-0.2, 0) is 12.3 Å². The summed E-state index contributed by atoms with van der Waals surface area (Å²) in [4.78, 5) is 10.2. The second-order valence-electron chi connectivity index (χ2n) is 6.35. The zero-order valence-electron chi connectivity index (χ0n) is 14.1. The fourth-order valence-corrected chi connectivity index (χ4v) is 4.72. The molecule has 0 atom stereocenters. The van der Waals surface area contributed by atoms with Gasteiger partial charge in [-0.15, -0.1) is 0 Å². The first kappa shape index (κ1) is 18.8. The summed E-state index contributed by atoms with van der Waals surface area (Å²) in [6.45, 7) is 4.88. The van der Waals surface area contributed by atoms with Crippen LogP contribution in [0.25, 0.3) is 0 Å². The van der Waals surface area contributed by atoms with Gasteiger partial charge < -0.3 is 10.0 Å². The van der Waals surface area contributed by atoms with Crippen molar-refractivity contribution in [1.82, 2.24) is 9.97 Å². The average Bonchev–Trinajstić information content (AvgIpc) is 2.59. The largest absolute Gasteiger partial charge is 0.858 e. The molecule has 0 bridgehead atoms. The highest BCUT2D eigenvalue weighted by atomic mass is 35.5. The number of quaternary nitrogens is 1. The Kier molecular flexibility index (Phi) is 6.44. The summed E-state index contributed by atoms with van der Waals surface area (Å²) < 4.78 is 0. The molecule has 0 amide bonds. The summed E-state index contributed by atoms with van der Waals surface area (Å²) in [5.41, 5.74) is 2.37. The van der Waals surface area contributed by atoms with Crippen molar-refractivity contribution in [2.75, 3.05) is 13.1 Å². The van der Waals surface area contributed by atoms with Crippen LogP contribution in [0.15, 0.2) is 23.4 Å². The molecule has 1 saturated heterocycles. The molecule has 0 saturated carbocycles. The van der Waals surface area contributed by atoms with Gasteiger partial charge in [-0.3, -0.25) is 0 Å². The molecule has 3 rings (SSSR count). The Balaban J connectivity index is 1.71. The fourth-order valence-electron chi connectivity index (χ4n) is 3.10. The van der Waals surface area contributed by atoms with E-state index in [0.29, 0.717) is 21.0 Å². The SMILES string of the molecule is Cc1nc(SCc2c(Cl)cccc2Cl)nc([O-])c1C[NH+]1CCCCC1. The minimum absolute atomic E-state index is 0.154. The molecule has 1 aromatic carbocycles. The van der Waals surface area contributed by atoms with E-state index < -0.39 is 0 Å². The number of nitrogens with zero attached hydrogens (tertiary/aromatic N) is 2. The molecule has 0 unspecified atom stereocenters. The number of hydrogen-bond donors (Lipinski definition) is 1. The highest BCUT2D eigenvalue weighted by molar-refractivity contribution is 7.98. The molecular weight excluding hydrogens is 377 g/mol. The second-order valence-corrected chi connectivity index (χ2v) is 8.11. The van der Waals surface area contributed by atoms with Crippen molar-refractivity contribution in [3.05, 3.63) is 45.1 Å². The quantitative estimate of drug-likeness (QED) is 0.622. The molecule has 0 spiro atoms. The minimum Gasteiger partial charge on any atom is -0.858 e. The van der Waals surface area contributed by atoms with Gasteiger partial charge in [0.25, 0.3) is 0 Å². The molecule has 2 heterocycles. The molecule has 2 aromatic rings. The van der Waals surface area contributed by atoms with E-state index in [4.69, 9.17) is 23.2 Å². The predicted octanol–water partition coefficient (Wildman–Crippen LogP) is 3.03. The van der Waals surface area contributed by atoms with E-state index in [0.717, 1.165) is 36.5 Å². The van der Waals surface area contributed by atoms with E-state index >= 15 is 0 Å². The third-order valence-corrected chi connectivity index (χ3v) is 6.13. The number of likely N-dealkylation sites (tertiary alicyclic amines) is 1. The van der Waals surface area contributed by atoms with Crippen LogP contribution in [0.1, 0.15) is 36.1 Å². The fraction of sp³-hybridized carbons (Fsp3) is 0.444. The van der Waals surface area contributed by atoms with E-state index in [1.54, 1.807) is 12.1 Å². The topological polar surface area (TPSA) is 53.3 Å². The van der Waals surface area contributed by atoms with Crippen molar-refractivity contribution < 1.29 is 10.0 Å². The summed E-state index contributed by atoms with van der Waals surface area (Å²) in [7, 11) is 0. The van der Waals surface area contributed by atoms with Gasteiger partial charge in [-0.05, 0) is 43.9 Å². The molecule has 1 fully saturated rings. The summed E-state index contributed by atoms with van der Waals surface area (Å²) in [5, 5.41) is 14.2. The maximum Gasteiger partial charge on any atom is 0.187 e. The van der Waals surface area contributed by atoms with Crippen molar-refractivity contribution >= 4 is 35.0 Å². The van der Waals surface area contributed by atoms with Gasteiger partial charge in [0.1, 0.15) is 6.54 Å². The van der Waals surface area contributed by atoms with Crippen molar-refractivity contribution in [1.29, 1.82) is 0 Å². The third kappa shape index (κ3) is 4.79. The first-order chi connectivity index (χ1) is 12.0. The number of benzene rings is 1. The molecule has 4 nitrogen and oxygen atoms in total. The van der Waals surface area contributed by atoms with E-state index in [2.05, 4.69) is 9.97 Å². The van der Waals surface area contributed by atoms with Gasteiger partial charge in [0.05, 0.1) is 18.8 Å². The third-order valence-electron chi connectivity index (χ3n) is 4.55. The van der Waals surface area contributed by atoms with E-state index in [1.165, 1.54) is 35.9 Å². The minimum atomic E-state index is -0.154. The Bertz CT molecular complexity index is 708. The Morgan fingerprint density at radius 2 is 1.76 bits per heavy atom. The number of halogens is 2. The lowest BCUT2D eigenvalue weighted by atomic mass is 10.1. The summed E-state index contributed by atoms with van der Waals surface area (Å²) >= 11 is 13.8. The zero-order chi connectivity index (χ0) is 17.8. The Labute approximate surface area is 162 Å². The average molecular weight is 398 g/mol. The first-order valence-corrected chi connectivity index (χ1v) is 10.2. The van der Waals surface area contributed by atoms with Crippen molar-refractivity contribution in [3.63, 3.8) is 0 Å². The number of aryl methyl sites for hydroxylation is 1. The normalized spacial score (nSPS) is 15.5. The first-order valence-electron chi connectivity index (χ1n) is 8.48. The summed E-state index contributed by atoms with van der Waals surface area (Å²) in [5.74, 6) is 0.381. The number of rotatable bonds is 5. The number of hydrogen-bond acceptors (Lipinski definition) is 4. The standard InChI is InChI=1S/C18H21Cl2N3OS/c1-12-13(10-23-8-3-2-4-9-23)17(24)22-18(21-12)25-11-14-15(19)6-5-7-16(14)20/h5-7H,2-4,8-11H2,1H3,(H,21,22,24). The summed E-state index contributed by atoms with van der Waals surface area (Å²) in [6.07, 6.45) is 3.76. The monoisotopic (exact) mass is 397 g/mol. The van der Waals surface area contributed by atoms with E-state index in [1.807, 2.05) is 13.0 Å². The molecule has 7 heteroatoms. The van der Waals surface area contributed by atoms with Crippen molar-refractivity contribution in [3.8, 4) is 5.88 Å². The number of thioether (sulfide) groups is 1. The van der Waals surface area contributed by atoms with Gasteiger partial charge in [-0.2, -0.15) is 0 Å². The highest BCUT2D eigenvalue weighted by Crippen LogP contribution is 2.31. The maximum absolute atomic E-state index is 12.4. The number of nitrogens with one attached hydrogen (secondary N) is 1. The number of aromatic nitrogens is 2. The molecule has 25 heavy (non-hydrogen) atoms. The van der Waals surface area contributed by atoms with E-state index in [9.17, 15) is 5.11 Å². The smallest absolute Gasteiger partial charge is 0.187 e. The van der Waals surface area contributed by atoms with Gasteiger partial charge in [-0.1, -0.05) is 41.0 Å². The Hall–Kier alpha value is -1.01. The highest BCUT2D eigenvalue weighted by Gasteiger charge is 2.17. The summed E-state index contributed by atoms with van der Waals surface area (Å²) in [6, 6.07) is 5.42. The Morgan fingerprint density at radius 3 is 2.40 bits per heavy atom. The Morgan fingerprint density at radius 1 is 1.08 bits per heavy atom. The van der Waals surface area contributed by atoms with Crippen LogP contribution in [0.4, 0.5) is 0 Å². The molecule has 1 aliphatic heterocycles. The van der Waals surface area contributed by atoms with Crippen LogP contribution in [0.3, 0.4) is 0 Å². The second kappa shape index (κ2) is 8.58. The molecule has 1 aliphatic rings. The molecule has 0 radical (unpaired) electrons. The van der Waals surface area contributed by atoms with Gasteiger partial charge >= 0.3 is 0 Å². The lowest BCUT2D eigenvalue weighted by Gasteiger charge is -2.26. The van der Waals surface area contributed by atoms with Crippen molar-refractivity contribution in [2.24, 2.45) is 0 Å². The molecule has 1 aromatic heterocycles. The molecule has 0 aliphatic carbocycles. The predicted molar refractivity (Wildman–Crippen MR) is 100 cm³/mol. The van der Waals surface area contributed by atoms with Crippen LogP contribution in [0.5, 0.6) is 5.88 Å². The van der Waals surface area contributed by atoms with Crippen LogP contribution in [0, 0.1) is 6.92 Å². The lowest BCUT2D eigenvalue weighted by molar-refractivity contribution is -0.918. The van der Waals surface area contributed by atoms with Gasteiger partial charge in [0, 0.05) is 27.2 Å². The van der Waals surface area contributed by atoms with Crippen molar-refractivity contribution in [2.45, 2.75) is 43.6 Å². The maximum atomic E-state index is 12.4. The molecule has 1 N–H and O–H groups in total. The van der Waals surface area contributed by atoms with Crippen LogP contribution >= 0.6 is 35.0 Å². The van der Waals surface area contributed by atoms with Gasteiger partial charge in [0.2, 0.25) is 0 Å². The van der Waals surface area contributed by atoms with E-state index in [-0.39, 0.29) is 5.88 Å².